The molecule has 124 valence electrons. The summed E-state index contributed by atoms with van der Waals surface area (Å²) in [5.74, 6) is -0.205. The number of aryl methyl sites for hydroxylation is 1. The van der Waals surface area contributed by atoms with Crippen molar-refractivity contribution >= 4 is 16.9 Å². The van der Waals surface area contributed by atoms with Crippen molar-refractivity contribution in [2.45, 2.75) is 20.0 Å². The minimum Gasteiger partial charge on any atom is -0.471 e. The first-order valence-corrected chi connectivity index (χ1v) is 7.37. The second-order valence-corrected chi connectivity index (χ2v) is 5.35. The molecule has 3 aromatic rings. The van der Waals surface area contributed by atoms with E-state index in [2.05, 4.69) is 4.74 Å². The molecule has 6 nitrogen and oxygen atoms in total. The van der Waals surface area contributed by atoms with E-state index in [1.165, 1.54) is 20.3 Å². The van der Waals surface area contributed by atoms with Gasteiger partial charge < -0.3 is 18.3 Å². The lowest BCUT2D eigenvalue weighted by Gasteiger charge is -2.14. The molecule has 0 aliphatic carbocycles. The molecule has 1 unspecified atom stereocenters. The van der Waals surface area contributed by atoms with Crippen LogP contribution in [0.5, 0.6) is 5.75 Å². The zero-order valence-electron chi connectivity index (χ0n) is 13.5. The van der Waals surface area contributed by atoms with Crippen LogP contribution in [0.3, 0.4) is 0 Å². The number of rotatable bonds is 4. The average molecular weight is 328 g/mol. The number of carbonyl (C=O) groups excluding carboxylic acids is 1. The molecule has 1 atom stereocenters. The van der Waals surface area contributed by atoms with Gasteiger partial charge in [0.05, 0.1) is 18.8 Å². The van der Waals surface area contributed by atoms with Crippen molar-refractivity contribution in [1.29, 1.82) is 0 Å². The lowest BCUT2D eigenvalue weighted by molar-refractivity contribution is -0.147. The number of carbonyl (C=O) groups is 1. The molecule has 0 N–H and O–H groups in total. The van der Waals surface area contributed by atoms with E-state index < -0.39 is 12.1 Å². The maximum atomic E-state index is 12.9. The van der Waals surface area contributed by atoms with Gasteiger partial charge in [-0.05, 0) is 38.1 Å². The number of hydrogen-bond acceptors (Lipinski definition) is 6. The van der Waals surface area contributed by atoms with Gasteiger partial charge >= 0.3 is 5.97 Å². The van der Waals surface area contributed by atoms with E-state index in [4.69, 9.17) is 13.6 Å². The number of fused-ring (bicyclic) bond motifs is 1. The number of ether oxygens (including phenoxy) is 2. The van der Waals surface area contributed by atoms with Crippen LogP contribution in [0.4, 0.5) is 0 Å². The molecule has 2 aromatic heterocycles. The van der Waals surface area contributed by atoms with Gasteiger partial charge in [-0.15, -0.1) is 0 Å². The van der Waals surface area contributed by atoms with Crippen LogP contribution in [-0.4, -0.2) is 19.2 Å². The van der Waals surface area contributed by atoms with Crippen LogP contribution in [-0.2, 0) is 9.53 Å². The molecule has 2 heterocycles. The topological polar surface area (TPSA) is 78.9 Å². The van der Waals surface area contributed by atoms with Crippen molar-refractivity contribution in [2.24, 2.45) is 0 Å². The molecule has 0 saturated carbocycles. The predicted molar refractivity (Wildman–Crippen MR) is 87.0 cm³/mol. The van der Waals surface area contributed by atoms with Gasteiger partial charge in [-0.3, -0.25) is 4.79 Å². The maximum absolute atomic E-state index is 12.9. The van der Waals surface area contributed by atoms with Crippen molar-refractivity contribution in [2.75, 3.05) is 7.11 Å². The molecule has 3 rings (SSSR count). The number of hydrogen-bond donors (Lipinski definition) is 0. The lowest BCUT2D eigenvalue weighted by Crippen LogP contribution is -2.27. The van der Waals surface area contributed by atoms with Crippen molar-refractivity contribution in [1.82, 2.24) is 0 Å². The molecule has 1 aromatic carbocycles. The summed E-state index contributed by atoms with van der Waals surface area (Å²) < 4.78 is 21.3. The Morgan fingerprint density at radius 1 is 1.25 bits per heavy atom. The first-order valence-electron chi connectivity index (χ1n) is 7.37. The number of esters is 1. The third kappa shape index (κ3) is 2.78. The van der Waals surface area contributed by atoms with E-state index in [1.54, 1.807) is 24.3 Å². The van der Waals surface area contributed by atoms with Crippen LogP contribution < -0.4 is 10.2 Å². The van der Waals surface area contributed by atoms with Crippen molar-refractivity contribution < 1.29 is 23.1 Å². The molecular formula is C18H16O6. The summed E-state index contributed by atoms with van der Waals surface area (Å²) in [6, 6.07) is 8.58. The third-order valence-electron chi connectivity index (χ3n) is 3.58. The Hall–Kier alpha value is -3.02. The largest absolute Gasteiger partial charge is 0.471 e. The smallest absolute Gasteiger partial charge is 0.346 e. The molecule has 6 heteroatoms. The van der Waals surface area contributed by atoms with Crippen LogP contribution in [0.25, 0.3) is 22.5 Å². The number of benzene rings is 1. The minimum atomic E-state index is -0.964. The van der Waals surface area contributed by atoms with Gasteiger partial charge in [0.15, 0.2) is 11.9 Å². The quantitative estimate of drug-likeness (QED) is 0.684. The molecule has 24 heavy (non-hydrogen) atoms. The fourth-order valence-corrected chi connectivity index (χ4v) is 2.36. The first-order chi connectivity index (χ1) is 11.5. The van der Waals surface area contributed by atoms with Crippen LogP contribution in [0.1, 0.15) is 12.5 Å². The monoisotopic (exact) mass is 328 g/mol. The van der Waals surface area contributed by atoms with Crippen LogP contribution in [0, 0.1) is 6.92 Å². The Morgan fingerprint density at radius 3 is 2.71 bits per heavy atom. The third-order valence-corrected chi connectivity index (χ3v) is 3.58. The molecule has 0 saturated heterocycles. The summed E-state index contributed by atoms with van der Waals surface area (Å²) in [4.78, 5) is 24.5. The van der Waals surface area contributed by atoms with E-state index in [0.717, 1.165) is 5.56 Å². The molecule has 0 spiro atoms. The summed E-state index contributed by atoms with van der Waals surface area (Å²) in [5, 5.41) is 0.373. The highest BCUT2D eigenvalue weighted by molar-refractivity contribution is 5.82. The maximum Gasteiger partial charge on any atom is 0.346 e. The van der Waals surface area contributed by atoms with E-state index >= 15 is 0 Å². The molecule has 0 fully saturated rings. The standard InChI is InChI=1S/C18H16O6/c1-10-6-7-13-12(9-10)15(19)17(23-11(2)18(20)21-3)16(24-13)14-5-4-8-22-14/h4-9,11H,1-3H3. The Balaban J connectivity index is 2.23. The molecule has 0 bridgehead atoms. The highest BCUT2D eigenvalue weighted by Crippen LogP contribution is 2.32. The summed E-state index contributed by atoms with van der Waals surface area (Å²) in [6.07, 6.45) is 0.496. The van der Waals surface area contributed by atoms with Crippen LogP contribution in [0.15, 0.2) is 50.2 Å². The van der Waals surface area contributed by atoms with Gasteiger partial charge in [0.2, 0.25) is 16.9 Å². The first kappa shape index (κ1) is 15.9. The average Bonchev–Trinajstić information content (AvgIpc) is 3.11. The summed E-state index contributed by atoms with van der Waals surface area (Å²) >= 11 is 0. The van der Waals surface area contributed by atoms with Gasteiger partial charge in [0.25, 0.3) is 0 Å². The van der Waals surface area contributed by atoms with E-state index in [0.29, 0.717) is 16.7 Å². The Morgan fingerprint density at radius 2 is 2.04 bits per heavy atom. The lowest BCUT2D eigenvalue weighted by atomic mass is 10.1. The van der Waals surface area contributed by atoms with Gasteiger partial charge in [-0.25, -0.2) is 4.79 Å². The van der Waals surface area contributed by atoms with E-state index in [1.807, 2.05) is 13.0 Å². The van der Waals surface area contributed by atoms with Crippen molar-refractivity contribution in [3.8, 4) is 17.3 Å². The predicted octanol–water partition coefficient (Wildman–Crippen LogP) is 3.30. The van der Waals surface area contributed by atoms with Crippen molar-refractivity contribution in [3.05, 3.63) is 52.4 Å². The van der Waals surface area contributed by atoms with Crippen LogP contribution >= 0.6 is 0 Å². The summed E-state index contributed by atoms with van der Waals surface area (Å²) in [7, 11) is 1.25. The van der Waals surface area contributed by atoms with Crippen LogP contribution in [0.2, 0.25) is 0 Å². The highest BCUT2D eigenvalue weighted by Gasteiger charge is 2.24. The molecule has 0 aliphatic heterocycles. The number of furan rings is 1. The second-order valence-electron chi connectivity index (χ2n) is 5.35. The Labute approximate surface area is 137 Å². The molecule has 0 amide bonds. The summed E-state index contributed by atoms with van der Waals surface area (Å²) in [6.45, 7) is 3.37. The van der Waals surface area contributed by atoms with E-state index in [9.17, 15) is 9.59 Å². The van der Waals surface area contributed by atoms with Gasteiger partial charge in [-0.2, -0.15) is 0 Å². The zero-order chi connectivity index (χ0) is 17.3. The molecule has 0 aliphatic rings. The Kier molecular flexibility index (Phi) is 4.12. The van der Waals surface area contributed by atoms with E-state index in [-0.39, 0.29) is 16.9 Å². The van der Waals surface area contributed by atoms with Gasteiger partial charge in [-0.1, -0.05) is 11.6 Å². The van der Waals surface area contributed by atoms with Crippen molar-refractivity contribution in [3.63, 3.8) is 0 Å². The molecular weight excluding hydrogens is 312 g/mol. The fraction of sp³-hybridized carbons (Fsp3) is 0.222. The fourth-order valence-electron chi connectivity index (χ4n) is 2.36. The molecule has 0 radical (unpaired) electrons. The minimum absolute atomic E-state index is 0.0825. The number of methoxy groups -OCH3 is 1. The highest BCUT2D eigenvalue weighted by atomic mass is 16.6. The Bertz CT molecular complexity index is 936. The summed E-state index contributed by atoms with van der Waals surface area (Å²) in [5.41, 5.74) is 0.949. The second kappa shape index (κ2) is 6.23. The van der Waals surface area contributed by atoms with Gasteiger partial charge in [0, 0.05) is 0 Å². The SMILES string of the molecule is COC(=O)C(C)Oc1c(-c2ccco2)oc2ccc(C)cc2c1=O. The normalized spacial score (nSPS) is 12.1. The van der Waals surface area contributed by atoms with Gasteiger partial charge in [0.1, 0.15) is 5.58 Å². The zero-order valence-corrected chi connectivity index (χ0v) is 13.5.